The third-order valence-corrected chi connectivity index (χ3v) is 3.12. The minimum Gasteiger partial charge on any atom is -0.390 e. The van der Waals surface area contributed by atoms with Crippen molar-refractivity contribution in [2.45, 2.75) is 38.2 Å². The first-order valence-corrected chi connectivity index (χ1v) is 3.91. The molecular formula is C8H14O. The third kappa shape index (κ3) is 0.710. The molecule has 2 aliphatic rings. The molecule has 1 N–H and O–H groups in total. The lowest BCUT2D eigenvalue weighted by Crippen LogP contribution is -2.30. The number of hydrogen-bond acceptors (Lipinski definition) is 1. The van der Waals surface area contributed by atoms with Gasteiger partial charge in [-0.2, -0.15) is 0 Å². The maximum Gasteiger partial charge on any atom is 0.0650 e. The van der Waals surface area contributed by atoms with Crippen LogP contribution in [0.2, 0.25) is 0 Å². The van der Waals surface area contributed by atoms with Gasteiger partial charge in [-0.25, -0.2) is 0 Å². The van der Waals surface area contributed by atoms with Crippen molar-refractivity contribution in [1.29, 1.82) is 0 Å². The molecule has 2 aliphatic carbocycles. The fourth-order valence-corrected chi connectivity index (χ4v) is 2.58. The molecule has 2 fully saturated rings. The van der Waals surface area contributed by atoms with Crippen LogP contribution in [0.25, 0.3) is 0 Å². The molecular weight excluding hydrogens is 112 g/mol. The Hall–Kier alpha value is -0.0400. The van der Waals surface area contributed by atoms with Gasteiger partial charge in [0.15, 0.2) is 0 Å². The molecule has 0 aromatic rings. The van der Waals surface area contributed by atoms with E-state index in [1.54, 1.807) is 0 Å². The SMILES string of the molecule is C[C@@]1(O)C[C@@H]2CC[C@@H]1C2. The second-order valence-corrected chi connectivity index (χ2v) is 3.94. The second kappa shape index (κ2) is 1.51. The van der Waals surface area contributed by atoms with Crippen LogP contribution in [0.4, 0.5) is 0 Å². The molecule has 2 rings (SSSR count). The van der Waals surface area contributed by atoms with Crippen LogP contribution in [0.15, 0.2) is 0 Å². The average molecular weight is 126 g/mol. The van der Waals surface area contributed by atoms with Gasteiger partial charge in [0.2, 0.25) is 0 Å². The van der Waals surface area contributed by atoms with E-state index in [1.165, 1.54) is 19.3 Å². The Morgan fingerprint density at radius 3 is 2.44 bits per heavy atom. The van der Waals surface area contributed by atoms with E-state index < -0.39 is 0 Å². The summed E-state index contributed by atoms with van der Waals surface area (Å²) in [5.74, 6) is 1.51. The molecule has 1 nitrogen and oxygen atoms in total. The lowest BCUT2D eigenvalue weighted by Gasteiger charge is -2.27. The van der Waals surface area contributed by atoms with Gasteiger partial charge in [0, 0.05) is 0 Å². The van der Waals surface area contributed by atoms with E-state index in [0.29, 0.717) is 5.92 Å². The number of rotatable bonds is 0. The predicted molar refractivity (Wildman–Crippen MR) is 36.1 cm³/mol. The molecule has 9 heavy (non-hydrogen) atoms. The summed E-state index contributed by atoms with van der Waals surface area (Å²) >= 11 is 0. The summed E-state index contributed by atoms with van der Waals surface area (Å²) in [6.45, 7) is 2.00. The topological polar surface area (TPSA) is 20.2 Å². The maximum atomic E-state index is 9.68. The molecule has 0 heterocycles. The van der Waals surface area contributed by atoms with Crippen LogP contribution in [0.1, 0.15) is 32.6 Å². The van der Waals surface area contributed by atoms with Gasteiger partial charge in [0.05, 0.1) is 5.60 Å². The van der Waals surface area contributed by atoms with Gasteiger partial charge >= 0.3 is 0 Å². The Morgan fingerprint density at radius 1 is 1.44 bits per heavy atom. The molecule has 0 amide bonds. The summed E-state index contributed by atoms with van der Waals surface area (Å²) in [5.41, 5.74) is -0.289. The van der Waals surface area contributed by atoms with Crippen molar-refractivity contribution in [3.8, 4) is 0 Å². The summed E-state index contributed by atoms with van der Waals surface area (Å²) < 4.78 is 0. The Kier molecular flexibility index (Phi) is 0.963. The average Bonchev–Trinajstić information content (AvgIpc) is 2.19. The van der Waals surface area contributed by atoms with Gasteiger partial charge < -0.3 is 5.11 Å². The fraction of sp³-hybridized carbons (Fsp3) is 1.00. The minimum atomic E-state index is -0.289. The van der Waals surface area contributed by atoms with Gasteiger partial charge in [0.1, 0.15) is 0 Å². The van der Waals surface area contributed by atoms with Gasteiger partial charge in [-0.05, 0) is 44.4 Å². The molecule has 0 aliphatic heterocycles. The van der Waals surface area contributed by atoms with Crippen molar-refractivity contribution in [2.24, 2.45) is 11.8 Å². The Bertz CT molecular complexity index is 129. The fourth-order valence-electron chi connectivity index (χ4n) is 2.58. The van der Waals surface area contributed by atoms with E-state index >= 15 is 0 Å². The van der Waals surface area contributed by atoms with Crippen molar-refractivity contribution < 1.29 is 5.11 Å². The van der Waals surface area contributed by atoms with E-state index in [1.807, 2.05) is 6.92 Å². The lowest BCUT2D eigenvalue weighted by molar-refractivity contribution is 0.00531. The van der Waals surface area contributed by atoms with Crippen LogP contribution in [0.3, 0.4) is 0 Å². The van der Waals surface area contributed by atoms with Crippen molar-refractivity contribution in [3.05, 3.63) is 0 Å². The van der Waals surface area contributed by atoms with Crippen molar-refractivity contribution >= 4 is 0 Å². The first-order chi connectivity index (χ1) is 4.18. The molecule has 2 saturated carbocycles. The van der Waals surface area contributed by atoms with Crippen LogP contribution < -0.4 is 0 Å². The molecule has 0 unspecified atom stereocenters. The Balaban J connectivity index is 2.18. The Morgan fingerprint density at radius 2 is 2.22 bits per heavy atom. The van der Waals surface area contributed by atoms with Gasteiger partial charge in [-0.1, -0.05) is 0 Å². The number of fused-ring (bicyclic) bond motifs is 2. The van der Waals surface area contributed by atoms with Crippen LogP contribution in [0, 0.1) is 11.8 Å². The standard InChI is InChI=1S/C8H14O/c1-8(9)5-6-2-3-7(8)4-6/h6-7,9H,2-5H2,1H3/t6-,7-,8-/m1/s1. The van der Waals surface area contributed by atoms with E-state index in [9.17, 15) is 5.11 Å². The lowest BCUT2D eigenvalue weighted by atomic mass is 9.86. The summed E-state index contributed by atoms with van der Waals surface area (Å²) in [6, 6.07) is 0. The first-order valence-electron chi connectivity index (χ1n) is 3.91. The highest BCUT2D eigenvalue weighted by Gasteiger charge is 2.46. The molecule has 3 atom stereocenters. The molecule has 52 valence electrons. The highest BCUT2D eigenvalue weighted by molar-refractivity contribution is 4.98. The Labute approximate surface area is 56.1 Å². The highest BCUT2D eigenvalue weighted by atomic mass is 16.3. The van der Waals surface area contributed by atoms with Crippen LogP contribution >= 0.6 is 0 Å². The zero-order chi connectivity index (χ0) is 6.48. The first kappa shape index (κ1) is 5.72. The van der Waals surface area contributed by atoms with Crippen molar-refractivity contribution in [3.63, 3.8) is 0 Å². The van der Waals surface area contributed by atoms with Gasteiger partial charge in [-0.15, -0.1) is 0 Å². The molecule has 2 bridgehead atoms. The van der Waals surface area contributed by atoms with Crippen molar-refractivity contribution in [2.75, 3.05) is 0 Å². The van der Waals surface area contributed by atoms with E-state index in [0.717, 1.165) is 12.3 Å². The number of aliphatic hydroxyl groups is 1. The van der Waals surface area contributed by atoms with Gasteiger partial charge in [-0.3, -0.25) is 0 Å². The smallest absolute Gasteiger partial charge is 0.0650 e. The monoisotopic (exact) mass is 126 g/mol. The summed E-state index contributed by atoms with van der Waals surface area (Å²) in [6.07, 6.45) is 5.02. The highest BCUT2D eigenvalue weighted by Crippen LogP contribution is 2.50. The van der Waals surface area contributed by atoms with Gasteiger partial charge in [0.25, 0.3) is 0 Å². The van der Waals surface area contributed by atoms with Crippen LogP contribution in [-0.2, 0) is 0 Å². The quantitative estimate of drug-likeness (QED) is 0.522. The third-order valence-electron chi connectivity index (χ3n) is 3.12. The van der Waals surface area contributed by atoms with Crippen molar-refractivity contribution in [1.82, 2.24) is 0 Å². The summed E-state index contributed by atoms with van der Waals surface area (Å²) in [4.78, 5) is 0. The molecule has 1 heteroatoms. The molecule has 0 aromatic carbocycles. The number of hydrogen-bond donors (Lipinski definition) is 1. The molecule has 0 aromatic heterocycles. The van der Waals surface area contributed by atoms with E-state index in [4.69, 9.17) is 0 Å². The maximum absolute atomic E-state index is 9.68. The molecule has 0 radical (unpaired) electrons. The van der Waals surface area contributed by atoms with E-state index in [-0.39, 0.29) is 5.60 Å². The normalized spacial score (nSPS) is 56.7. The summed E-state index contributed by atoms with van der Waals surface area (Å²) in [7, 11) is 0. The van der Waals surface area contributed by atoms with Crippen LogP contribution in [0.5, 0.6) is 0 Å². The predicted octanol–water partition coefficient (Wildman–Crippen LogP) is 1.56. The zero-order valence-corrected chi connectivity index (χ0v) is 5.93. The van der Waals surface area contributed by atoms with Crippen LogP contribution in [-0.4, -0.2) is 10.7 Å². The second-order valence-electron chi connectivity index (χ2n) is 3.94. The zero-order valence-electron chi connectivity index (χ0n) is 5.93. The summed E-state index contributed by atoms with van der Waals surface area (Å²) in [5, 5.41) is 9.68. The molecule has 0 saturated heterocycles. The minimum absolute atomic E-state index is 0.289. The van der Waals surface area contributed by atoms with E-state index in [2.05, 4.69) is 0 Å². The largest absolute Gasteiger partial charge is 0.390 e. The molecule has 0 spiro atoms.